The summed E-state index contributed by atoms with van der Waals surface area (Å²) in [7, 11) is 1.99. The van der Waals surface area contributed by atoms with Crippen LogP contribution in [0.5, 0.6) is 0 Å². The maximum atomic E-state index is 12.1. The van der Waals surface area contributed by atoms with E-state index in [-0.39, 0.29) is 12.5 Å². The predicted molar refractivity (Wildman–Crippen MR) is 82.5 cm³/mol. The van der Waals surface area contributed by atoms with Gasteiger partial charge in [0, 0.05) is 12.6 Å². The summed E-state index contributed by atoms with van der Waals surface area (Å²) < 4.78 is 0. The van der Waals surface area contributed by atoms with Crippen LogP contribution in [0.3, 0.4) is 0 Å². The first kappa shape index (κ1) is 17.4. The van der Waals surface area contributed by atoms with Crippen LogP contribution >= 0.6 is 0 Å². The van der Waals surface area contributed by atoms with E-state index in [2.05, 4.69) is 24.1 Å². The average Bonchev–Trinajstić information content (AvgIpc) is 2.40. The van der Waals surface area contributed by atoms with Crippen molar-refractivity contribution < 1.29 is 9.90 Å². The van der Waals surface area contributed by atoms with E-state index >= 15 is 0 Å². The molecule has 1 fully saturated rings. The molecule has 4 heteroatoms. The molecule has 1 aliphatic carbocycles. The number of aliphatic hydroxyl groups is 1. The van der Waals surface area contributed by atoms with Gasteiger partial charge in [0.25, 0.3) is 0 Å². The summed E-state index contributed by atoms with van der Waals surface area (Å²) >= 11 is 0. The first-order chi connectivity index (χ1) is 9.54. The molecule has 0 aromatic heterocycles. The highest BCUT2D eigenvalue weighted by Crippen LogP contribution is 2.29. The van der Waals surface area contributed by atoms with Crippen LogP contribution in [-0.2, 0) is 4.79 Å². The third-order valence-corrected chi connectivity index (χ3v) is 4.66. The Kier molecular flexibility index (Phi) is 8.15. The fraction of sp³-hybridized carbons (Fsp3) is 0.938. The number of hydrogen-bond acceptors (Lipinski definition) is 3. The van der Waals surface area contributed by atoms with Crippen LogP contribution in [0.4, 0.5) is 0 Å². The molecule has 0 aromatic rings. The number of carbonyl (C=O) groups is 1. The second-order valence-corrected chi connectivity index (χ2v) is 6.46. The van der Waals surface area contributed by atoms with E-state index in [1.807, 2.05) is 7.05 Å². The lowest BCUT2D eigenvalue weighted by molar-refractivity contribution is -0.123. The van der Waals surface area contributed by atoms with E-state index < -0.39 is 0 Å². The van der Waals surface area contributed by atoms with Gasteiger partial charge in [0.1, 0.15) is 0 Å². The van der Waals surface area contributed by atoms with Crippen LogP contribution < -0.4 is 5.32 Å². The number of carbonyl (C=O) groups excluding carboxylic acids is 1. The minimum atomic E-state index is 0.153. The van der Waals surface area contributed by atoms with Crippen molar-refractivity contribution in [1.82, 2.24) is 10.2 Å². The number of amides is 1. The molecule has 0 aromatic carbocycles. The quantitative estimate of drug-likeness (QED) is 0.671. The van der Waals surface area contributed by atoms with Crippen LogP contribution in [0.2, 0.25) is 0 Å². The molecule has 3 atom stereocenters. The number of likely N-dealkylation sites (N-methyl/N-ethyl adjacent to an activating group) is 1. The molecule has 1 saturated carbocycles. The number of unbranched alkanes of at least 4 members (excludes halogenated alkanes) is 2. The van der Waals surface area contributed by atoms with Gasteiger partial charge in [-0.25, -0.2) is 0 Å². The molecule has 0 radical (unpaired) electrons. The first-order valence-electron chi connectivity index (χ1n) is 8.13. The van der Waals surface area contributed by atoms with E-state index in [1.165, 1.54) is 12.8 Å². The lowest BCUT2D eigenvalue weighted by Crippen LogP contribution is -2.46. The maximum absolute atomic E-state index is 12.1. The second-order valence-electron chi connectivity index (χ2n) is 6.46. The third kappa shape index (κ3) is 6.23. The normalized spacial score (nSPS) is 26.8. The Morgan fingerprint density at radius 3 is 2.70 bits per heavy atom. The lowest BCUT2D eigenvalue weighted by atomic mass is 9.78. The SMILES string of the molecule is CC1CCCC(NC(=O)CN(C)CCCCCO)C1C. The fourth-order valence-corrected chi connectivity index (χ4v) is 3.03. The molecule has 0 aliphatic heterocycles. The Labute approximate surface area is 123 Å². The summed E-state index contributed by atoms with van der Waals surface area (Å²) in [6, 6.07) is 0.356. The molecule has 0 spiro atoms. The van der Waals surface area contributed by atoms with Crippen LogP contribution in [0.25, 0.3) is 0 Å². The van der Waals surface area contributed by atoms with E-state index in [4.69, 9.17) is 5.11 Å². The Bertz CT molecular complexity index is 284. The van der Waals surface area contributed by atoms with E-state index in [0.29, 0.717) is 24.4 Å². The molecule has 1 amide bonds. The Morgan fingerprint density at radius 1 is 1.25 bits per heavy atom. The van der Waals surface area contributed by atoms with Gasteiger partial charge in [0.2, 0.25) is 5.91 Å². The topological polar surface area (TPSA) is 52.6 Å². The molecular formula is C16H32N2O2. The molecule has 3 unspecified atom stereocenters. The molecule has 2 N–H and O–H groups in total. The van der Waals surface area contributed by atoms with Crippen molar-refractivity contribution in [3.8, 4) is 0 Å². The molecule has 1 rings (SSSR count). The Hall–Kier alpha value is -0.610. The summed E-state index contributed by atoms with van der Waals surface area (Å²) in [5, 5.41) is 11.9. The van der Waals surface area contributed by atoms with Gasteiger partial charge in [-0.05, 0) is 51.1 Å². The highest BCUT2D eigenvalue weighted by molar-refractivity contribution is 5.78. The molecule has 20 heavy (non-hydrogen) atoms. The van der Waals surface area contributed by atoms with Gasteiger partial charge in [-0.15, -0.1) is 0 Å². The summed E-state index contributed by atoms with van der Waals surface area (Å²) in [4.78, 5) is 14.1. The smallest absolute Gasteiger partial charge is 0.234 e. The highest BCUT2D eigenvalue weighted by atomic mass is 16.2. The van der Waals surface area contributed by atoms with Crippen molar-refractivity contribution in [2.24, 2.45) is 11.8 Å². The van der Waals surface area contributed by atoms with Crippen LogP contribution in [0.1, 0.15) is 52.4 Å². The standard InChI is InChI=1S/C16H32N2O2/c1-13-8-7-9-15(14(13)2)17-16(20)12-18(3)10-5-4-6-11-19/h13-15,19H,4-12H2,1-3H3,(H,17,20). The van der Waals surface area contributed by atoms with Crippen molar-refractivity contribution in [3.63, 3.8) is 0 Å². The van der Waals surface area contributed by atoms with E-state index in [1.54, 1.807) is 0 Å². The zero-order valence-corrected chi connectivity index (χ0v) is 13.4. The number of nitrogens with one attached hydrogen (secondary N) is 1. The first-order valence-corrected chi connectivity index (χ1v) is 8.13. The van der Waals surface area contributed by atoms with Crippen molar-refractivity contribution >= 4 is 5.91 Å². The van der Waals surface area contributed by atoms with Crippen molar-refractivity contribution in [2.45, 2.75) is 58.4 Å². The van der Waals surface area contributed by atoms with Crippen molar-refractivity contribution in [3.05, 3.63) is 0 Å². The number of hydrogen-bond donors (Lipinski definition) is 2. The fourth-order valence-electron chi connectivity index (χ4n) is 3.03. The van der Waals surface area contributed by atoms with E-state index in [9.17, 15) is 4.79 Å². The van der Waals surface area contributed by atoms with Gasteiger partial charge in [-0.1, -0.05) is 26.7 Å². The molecule has 1 aliphatic rings. The Morgan fingerprint density at radius 2 is 2.00 bits per heavy atom. The van der Waals surface area contributed by atoms with Crippen LogP contribution in [0.15, 0.2) is 0 Å². The van der Waals surface area contributed by atoms with Gasteiger partial charge < -0.3 is 10.4 Å². The minimum Gasteiger partial charge on any atom is -0.396 e. The van der Waals surface area contributed by atoms with Crippen LogP contribution in [-0.4, -0.2) is 48.7 Å². The van der Waals surface area contributed by atoms with E-state index in [0.717, 1.165) is 32.2 Å². The molecule has 0 bridgehead atoms. The largest absolute Gasteiger partial charge is 0.396 e. The zero-order valence-electron chi connectivity index (χ0n) is 13.4. The van der Waals surface area contributed by atoms with Crippen molar-refractivity contribution in [1.29, 1.82) is 0 Å². The molecule has 118 valence electrons. The number of aliphatic hydroxyl groups excluding tert-OH is 1. The highest BCUT2D eigenvalue weighted by Gasteiger charge is 2.28. The van der Waals surface area contributed by atoms with Gasteiger partial charge in [0.05, 0.1) is 6.54 Å². The van der Waals surface area contributed by atoms with Gasteiger partial charge in [0.15, 0.2) is 0 Å². The van der Waals surface area contributed by atoms with Crippen molar-refractivity contribution in [2.75, 3.05) is 26.7 Å². The minimum absolute atomic E-state index is 0.153. The second kappa shape index (κ2) is 9.35. The van der Waals surface area contributed by atoms with Crippen LogP contribution in [0, 0.1) is 11.8 Å². The summed E-state index contributed by atoms with van der Waals surface area (Å²) in [6.45, 7) is 6.21. The number of rotatable bonds is 8. The monoisotopic (exact) mass is 284 g/mol. The predicted octanol–water partition coefficient (Wildman–Crippen LogP) is 2.02. The Balaban J connectivity index is 2.21. The molecule has 0 heterocycles. The summed E-state index contributed by atoms with van der Waals surface area (Å²) in [5.74, 6) is 1.45. The summed E-state index contributed by atoms with van der Waals surface area (Å²) in [5.41, 5.74) is 0. The average molecular weight is 284 g/mol. The zero-order chi connectivity index (χ0) is 15.0. The summed E-state index contributed by atoms with van der Waals surface area (Å²) in [6.07, 6.45) is 6.57. The van der Waals surface area contributed by atoms with Gasteiger partial charge in [-0.2, -0.15) is 0 Å². The molecule has 0 saturated heterocycles. The lowest BCUT2D eigenvalue weighted by Gasteiger charge is -2.35. The third-order valence-electron chi connectivity index (χ3n) is 4.66. The number of nitrogens with zero attached hydrogens (tertiary/aromatic N) is 1. The van der Waals surface area contributed by atoms with Gasteiger partial charge in [-0.3, -0.25) is 9.69 Å². The maximum Gasteiger partial charge on any atom is 0.234 e. The molecular weight excluding hydrogens is 252 g/mol. The molecule has 4 nitrogen and oxygen atoms in total. The van der Waals surface area contributed by atoms with Gasteiger partial charge >= 0.3 is 0 Å².